The lowest BCUT2D eigenvalue weighted by atomic mass is 10.2. The zero-order chi connectivity index (χ0) is 12.1. The minimum atomic E-state index is 0.585. The van der Waals surface area contributed by atoms with Crippen molar-refractivity contribution in [3.05, 3.63) is 18.0 Å². The average Bonchev–Trinajstić information content (AvgIpc) is 2.91. The number of hydrogen-bond donors (Lipinski definition) is 1. The van der Waals surface area contributed by atoms with E-state index in [-0.39, 0.29) is 0 Å². The fraction of sp³-hybridized carbons (Fsp3) is 0.769. The van der Waals surface area contributed by atoms with Gasteiger partial charge in [-0.05, 0) is 38.9 Å². The summed E-state index contributed by atoms with van der Waals surface area (Å²) in [5.74, 6) is 0. The van der Waals surface area contributed by atoms with Gasteiger partial charge in [-0.25, -0.2) is 0 Å². The number of aromatic nitrogens is 2. The van der Waals surface area contributed by atoms with Crippen LogP contribution in [0.4, 0.5) is 0 Å². The van der Waals surface area contributed by atoms with E-state index >= 15 is 0 Å². The smallest absolute Gasteiger partial charge is 0.0492 e. The molecular weight excluding hydrogens is 212 g/mol. The van der Waals surface area contributed by atoms with Crippen molar-refractivity contribution >= 4 is 0 Å². The van der Waals surface area contributed by atoms with Crippen molar-refractivity contribution in [3.8, 4) is 0 Å². The highest BCUT2D eigenvalue weighted by Crippen LogP contribution is 2.07. The van der Waals surface area contributed by atoms with E-state index in [0.29, 0.717) is 6.04 Å². The predicted octanol–water partition coefficient (Wildman–Crippen LogP) is 1.04. The molecule has 0 saturated carbocycles. The van der Waals surface area contributed by atoms with Gasteiger partial charge in [-0.15, -0.1) is 0 Å². The summed E-state index contributed by atoms with van der Waals surface area (Å²) in [6.45, 7) is 7.07. The normalized spacial score (nSPS) is 18.7. The van der Waals surface area contributed by atoms with Crippen LogP contribution < -0.4 is 5.32 Å². The monoisotopic (exact) mass is 236 g/mol. The Bertz CT molecular complexity index is 328. The van der Waals surface area contributed by atoms with Crippen molar-refractivity contribution in [1.82, 2.24) is 20.0 Å². The Labute approximate surface area is 104 Å². The van der Waals surface area contributed by atoms with Crippen LogP contribution in [0.5, 0.6) is 0 Å². The minimum absolute atomic E-state index is 0.585. The lowest BCUT2D eigenvalue weighted by Crippen LogP contribution is -2.38. The second kappa shape index (κ2) is 6.17. The third-order valence-corrected chi connectivity index (χ3v) is 3.53. The third-order valence-electron chi connectivity index (χ3n) is 3.53. The summed E-state index contributed by atoms with van der Waals surface area (Å²) in [7, 11) is 2.00. The van der Waals surface area contributed by atoms with Crippen LogP contribution in [0.3, 0.4) is 0 Å². The molecule has 17 heavy (non-hydrogen) atoms. The minimum Gasteiger partial charge on any atom is -0.313 e. The van der Waals surface area contributed by atoms with E-state index in [2.05, 4.69) is 28.3 Å². The lowest BCUT2D eigenvalue weighted by Gasteiger charge is -2.21. The van der Waals surface area contributed by atoms with Gasteiger partial charge in [0, 0.05) is 44.5 Å². The molecule has 0 radical (unpaired) electrons. The Morgan fingerprint density at radius 2 is 2.18 bits per heavy atom. The molecule has 0 amide bonds. The first-order valence-corrected chi connectivity index (χ1v) is 6.68. The summed E-state index contributed by atoms with van der Waals surface area (Å²) in [6.07, 6.45) is 5.67. The first kappa shape index (κ1) is 12.6. The van der Waals surface area contributed by atoms with Crippen molar-refractivity contribution in [2.75, 3.05) is 26.2 Å². The molecule has 96 valence electrons. The van der Waals surface area contributed by atoms with Gasteiger partial charge in [0.25, 0.3) is 0 Å². The molecular formula is C13H24N4. The highest BCUT2D eigenvalue weighted by molar-refractivity contribution is 5.00. The molecule has 2 heterocycles. The van der Waals surface area contributed by atoms with E-state index in [1.165, 1.54) is 38.2 Å². The molecule has 0 aromatic carbocycles. The summed E-state index contributed by atoms with van der Waals surface area (Å²) >= 11 is 0. The highest BCUT2D eigenvalue weighted by atomic mass is 15.3. The molecule has 0 spiro atoms. The van der Waals surface area contributed by atoms with Crippen LogP contribution in [0.2, 0.25) is 0 Å². The molecule has 1 aromatic rings. The van der Waals surface area contributed by atoms with Crippen LogP contribution >= 0.6 is 0 Å². The van der Waals surface area contributed by atoms with Crippen molar-refractivity contribution in [1.29, 1.82) is 0 Å². The largest absolute Gasteiger partial charge is 0.313 e. The SMILES string of the molecule is CC(CN1CCCC1)NCCc1ccnn1C. The van der Waals surface area contributed by atoms with E-state index < -0.39 is 0 Å². The van der Waals surface area contributed by atoms with Crippen LogP contribution in [0.1, 0.15) is 25.5 Å². The third kappa shape index (κ3) is 3.82. The number of nitrogens with one attached hydrogen (secondary N) is 1. The topological polar surface area (TPSA) is 33.1 Å². The Morgan fingerprint density at radius 1 is 1.41 bits per heavy atom. The van der Waals surface area contributed by atoms with Crippen molar-refractivity contribution < 1.29 is 0 Å². The summed E-state index contributed by atoms with van der Waals surface area (Å²) in [4.78, 5) is 2.56. The second-order valence-electron chi connectivity index (χ2n) is 5.06. The molecule has 1 unspecified atom stereocenters. The summed E-state index contributed by atoms with van der Waals surface area (Å²) < 4.78 is 1.95. The summed E-state index contributed by atoms with van der Waals surface area (Å²) in [6, 6.07) is 2.67. The van der Waals surface area contributed by atoms with Gasteiger partial charge < -0.3 is 10.2 Å². The zero-order valence-electron chi connectivity index (χ0n) is 11.0. The fourth-order valence-corrected chi connectivity index (χ4v) is 2.51. The molecule has 1 aromatic heterocycles. The number of likely N-dealkylation sites (tertiary alicyclic amines) is 1. The van der Waals surface area contributed by atoms with Crippen molar-refractivity contribution in [3.63, 3.8) is 0 Å². The van der Waals surface area contributed by atoms with Crippen LogP contribution in [0.25, 0.3) is 0 Å². The molecule has 0 aliphatic carbocycles. The number of nitrogens with zero attached hydrogens (tertiary/aromatic N) is 3. The maximum Gasteiger partial charge on any atom is 0.0492 e. The predicted molar refractivity (Wildman–Crippen MR) is 70.1 cm³/mol. The molecule has 4 nitrogen and oxygen atoms in total. The van der Waals surface area contributed by atoms with Gasteiger partial charge in [-0.3, -0.25) is 4.68 Å². The van der Waals surface area contributed by atoms with E-state index in [0.717, 1.165) is 13.0 Å². The molecule has 1 aliphatic rings. The van der Waals surface area contributed by atoms with Gasteiger partial charge >= 0.3 is 0 Å². The van der Waals surface area contributed by atoms with Gasteiger partial charge in [-0.1, -0.05) is 0 Å². The standard InChI is InChI=1S/C13H24N4/c1-12(11-17-9-3-4-10-17)14-7-5-13-6-8-15-16(13)2/h6,8,12,14H,3-5,7,9-11H2,1-2H3. The van der Waals surface area contributed by atoms with Gasteiger partial charge in [0.1, 0.15) is 0 Å². The van der Waals surface area contributed by atoms with Crippen LogP contribution in [0.15, 0.2) is 12.3 Å². The summed E-state index contributed by atoms with van der Waals surface area (Å²) in [5, 5.41) is 7.77. The molecule has 1 saturated heterocycles. The molecule has 2 rings (SSSR count). The Hall–Kier alpha value is -0.870. The zero-order valence-corrected chi connectivity index (χ0v) is 11.0. The molecule has 1 N–H and O–H groups in total. The van der Waals surface area contributed by atoms with Crippen LogP contribution in [0, 0.1) is 0 Å². The highest BCUT2D eigenvalue weighted by Gasteiger charge is 2.13. The molecule has 1 aliphatic heterocycles. The number of aryl methyl sites for hydroxylation is 1. The van der Waals surface area contributed by atoms with Crippen molar-refractivity contribution in [2.45, 2.75) is 32.2 Å². The molecule has 1 fully saturated rings. The van der Waals surface area contributed by atoms with E-state index in [1.54, 1.807) is 0 Å². The first-order valence-electron chi connectivity index (χ1n) is 6.68. The summed E-state index contributed by atoms with van der Waals surface area (Å²) in [5.41, 5.74) is 1.30. The number of rotatable bonds is 6. The quantitative estimate of drug-likeness (QED) is 0.801. The van der Waals surface area contributed by atoms with Gasteiger partial charge in [0.2, 0.25) is 0 Å². The van der Waals surface area contributed by atoms with E-state index in [9.17, 15) is 0 Å². The number of hydrogen-bond acceptors (Lipinski definition) is 3. The lowest BCUT2D eigenvalue weighted by molar-refractivity contribution is 0.299. The maximum atomic E-state index is 4.18. The Morgan fingerprint density at radius 3 is 2.82 bits per heavy atom. The molecule has 0 bridgehead atoms. The van der Waals surface area contributed by atoms with E-state index in [4.69, 9.17) is 0 Å². The molecule has 1 atom stereocenters. The van der Waals surface area contributed by atoms with E-state index in [1.807, 2.05) is 17.9 Å². The van der Waals surface area contributed by atoms with Gasteiger partial charge in [0.05, 0.1) is 0 Å². The fourth-order valence-electron chi connectivity index (χ4n) is 2.51. The Kier molecular flexibility index (Phi) is 4.57. The maximum absolute atomic E-state index is 4.18. The van der Waals surface area contributed by atoms with Gasteiger partial charge in [0.15, 0.2) is 0 Å². The van der Waals surface area contributed by atoms with Gasteiger partial charge in [-0.2, -0.15) is 5.10 Å². The van der Waals surface area contributed by atoms with Crippen LogP contribution in [-0.4, -0.2) is 46.9 Å². The Balaban J connectivity index is 1.62. The second-order valence-corrected chi connectivity index (χ2v) is 5.06. The first-order chi connectivity index (χ1) is 8.25. The molecule has 4 heteroatoms. The average molecular weight is 236 g/mol. The van der Waals surface area contributed by atoms with Crippen LogP contribution in [-0.2, 0) is 13.5 Å². The van der Waals surface area contributed by atoms with Crippen molar-refractivity contribution in [2.24, 2.45) is 7.05 Å².